The zero-order valence-corrected chi connectivity index (χ0v) is 18.5. The van der Waals surface area contributed by atoms with E-state index in [0.717, 1.165) is 78.3 Å². The highest BCUT2D eigenvalue weighted by molar-refractivity contribution is 5.96. The molecular formula is C25H27N7O. The van der Waals surface area contributed by atoms with Crippen molar-refractivity contribution in [3.8, 4) is 28.4 Å². The van der Waals surface area contributed by atoms with Gasteiger partial charge in [0, 0.05) is 47.9 Å². The fraction of sp³-hybridized carbons (Fsp3) is 0.360. The summed E-state index contributed by atoms with van der Waals surface area (Å²) in [6.45, 7) is 3.99. The monoisotopic (exact) mass is 441 g/mol. The number of fused-ring (bicyclic) bond motifs is 1. The molecule has 4 aromatic rings. The number of aromatic nitrogens is 5. The van der Waals surface area contributed by atoms with Crippen LogP contribution in [-0.2, 0) is 0 Å². The second kappa shape index (κ2) is 8.78. The second-order valence-electron chi connectivity index (χ2n) is 8.75. The smallest absolute Gasteiger partial charge is 0.233 e. The van der Waals surface area contributed by atoms with E-state index in [2.05, 4.69) is 43.4 Å². The largest absolute Gasteiger partial charge is 0.472 e. The highest BCUT2D eigenvalue weighted by atomic mass is 16.5. The SMILES string of the molecule is c1cc2[nH]cc(-c3cncc(O[C@@H]4CCCNC4)n3)c2cc1-c1cncc(N2CCCC2)n1. The van der Waals surface area contributed by atoms with Crippen LogP contribution in [0.5, 0.6) is 5.88 Å². The molecule has 0 radical (unpaired) electrons. The lowest BCUT2D eigenvalue weighted by molar-refractivity contribution is 0.160. The molecule has 0 spiro atoms. The first-order valence-electron chi connectivity index (χ1n) is 11.7. The Bertz CT molecular complexity index is 1260. The van der Waals surface area contributed by atoms with Crippen molar-refractivity contribution in [1.82, 2.24) is 30.2 Å². The van der Waals surface area contributed by atoms with E-state index < -0.39 is 0 Å². The minimum absolute atomic E-state index is 0.138. The van der Waals surface area contributed by atoms with Crippen LogP contribution in [0.3, 0.4) is 0 Å². The van der Waals surface area contributed by atoms with Gasteiger partial charge >= 0.3 is 0 Å². The lowest BCUT2D eigenvalue weighted by atomic mass is 10.1. The second-order valence-corrected chi connectivity index (χ2v) is 8.75. The van der Waals surface area contributed by atoms with Crippen molar-refractivity contribution in [2.75, 3.05) is 31.1 Å². The maximum absolute atomic E-state index is 6.09. The van der Waals surface area contributed by atoms with Crippen molar-refractivity contribution < 1.29 is 4.74 Å². The van der Waals surface area contributed by atoms with Crippen molar-refractivity contribution >= 4 is 16.7 Å². The van der Waals surface area contributed by atoms with Gasteiger partial charge in [-0.2, -0.15) is 0 Å². The van der Waals surface area contributed by atoms with Gasteiger partial charge < -0.3 is 19.9 Å². The van der Waals surface area contributed by atoms with Crippen LogP contribution in [0.2, 0.25) is 0 Å². The summed E-state index contributed by atoms with van der Waals surface area (Å²) in [4.78, 5) is 24.2. The summed E-state index contributed by atoms with van der Waals surface area (Å²) >= 11 is 0. The molecule has 1 atom stereocenters. The van der Waals surface area contributed by atoms with Crippen LogP contribution >= 0.6 is 0 Å². The number of nitrogens with one attached hydrogen (secondary N) is 2. The molecular weight excluding hydrogens is 414 g/mol. The molecule has 0 saturated carbocycles. The average Bonchev–Trinajstić information content (AvgIpc) is 3.55. The number of hydrogen-bond acceptors (Lipinski definition) is 7. The number of aromatic amines is 1. The average molecular weight is 442 g/mol. The van der Waals surface area contributed by atoms with Gasteiger partial charge in [0.05, 0.1) is 36.2 Å². The molecule has 33 heavy (non-hydrogen) atoms. The van der Waals surface area contributed by atoms with Crippen molar-refractivity contribution in [3.63, 3.8) is 0 Å². The van der Waals surface area contributed by atoms with E-state index in [1.165, 1.54) is 12.8 Å². The topological polar surface area (TPSA) is 91.8 Å². The zero-order chi connectivity index (χ0) is 22.0. The van der Waals surface area contributed by atoms with Crippen LogP contribution in [-0.4, -0.2) is 57.2 Å². The van der Waals surface area contributed by atoms with Crippen LogP contribution in [0.1, 0.15) is 25.7 Å². The molecule has 0 amide bonds. The molecule has 8 nitrogen and oxygen atoms in total. The maximum Gasteiger partial charge on any atom is 0.233 e. The summed E-state index contributed by atoms with van der Waals surface area (Å²) in [5, 5.41) is 4.45. The van der Waals surface area contributed by atoms with Gasteiger partial charge in [0.25, 0.3) is 0 Å². The van der Waals surface area contributed by atoms with Crippen molar-refractivity contribution in [2.45, 2.75) is 31.8 Å². The third-order valence-electron chi connectivity index (χ3n) is 6.46. The molecule has 2 saturated heterocycles. The minimum atomic E-state index is 0.138. The van der Waals surface area contributed by atoms with Crippen molar-refractivity contribution in [1.29, 1.82) is 0 Å². The minimum Gasteiger partial charge on any atom is -0.472 e. The van der Waals surface area contributed by atoms with Crippen molar-refractivity contribution in [2.24, 2.45) is 0 Å². The van der Waals surface area contributed by atoms with E-state index in [1.54, 1.807) is 12.4 Å². The van der Waals surface area contributed by atoms with Gasteiger partial charge in [-0.05, 0) is 44.4 Å². The van der Waals surface area contributed by atoms with Gasteiger partial charge in [-0.3, -0.25) is 9.97 Å². The first-order valence-corrected chi connectivity index (χ1v) is 11.7. The van der Waals surface area contributed by atoms with Gasteiger partial charge in [0.15, 0.2) is 0 Å². The molecule has 2 aliphatic rings. The number of nitrogens with zero attached hydrogens (tertiary/aromatic N) is 5. The van der Waals surface area contributed by atoms with Gasteiger partial charge in [0.1, 0.15) is 11.9 Å². The number of hydrogen-bond donors (Lipinski definition) is 2. The Balaban J connectivity index is 1.32. The van der Waals surface area contributed by atoms with Gasteiger partial charge in [-0.25, -0.2) is 9.97 Å². The molecule has 6 rings (SSSR count). The quantitative estimate of drug-likeness (QED) is 0.486. The van der Waals surface area contributed by atoms with E-state index in [1.807, 2.05) is 18.6 Å². The molecule has 8 heteroatoms. The fourth-order valence-corrected chi connectivity index (χ4v) is 4.71. The summed E-state index contributed by atoms with van der Waals surface area (Å²) < 4.78 is 6.09. The summed E-state index contributed by atoms with van der Waals surface area (Å²) in [5.41, 5.74) is 4.74. The normalized spacial score (nSPS) is 18.7. The molecule has 0 bridgehead atoms. The van der Waals surface area contributed by atoms with Crippen LogP contribution in [0.15, 0.2) is 49.2 Å². The predicted molar refractivity (Wildman–Crippen MR) is 128 cm³/mol. The lowest BCUT2D eigenvalue weighted by Crippen LogP contribution is -2.37. The number of piperidine rings is 1. The molecule has 2 aliphatic heterocycles. The highest BCUT2D eigenvalue weighted by Gasteiger charge is 2.17. The molecule has 3 aromatic heterocycles. The van der Waals surface area contributed by atoms with Gasteiger partial charge in [0.2, 0.25) is 5.88 Å². The highest BCUT2D eigenvalue weighted by Crippen LogP contribution is 2.32. The molecule has 5 heterocycles. The summed E-state index contributed by atoms with van der Waals surface area (Å²) in [7, 11) is 0. The number of anilines is 1. The van der Waals surface area contributed by atoms with E-state index in [-0.39, 0.29) is 6.10 Å². The van der Waals surface area contributed by atoms with Crippen LogP contribution in [0.25, 0.3) is 33.4 Å². The summed E-state index contributed by atoms with van der Waals surface area (Å²) in [6.07, 6.45) is 13.9. The Hall–Kier alpha value is -3.52. The Kier molecular flexibility index (Phi) is 5.35. The van der Waals surface area contributed by atoms with Gasteiger partial charge in [-0.15, -0.1) is 0 Å². The third-order valence-corrected chi connectivity index (χ3v) is 6.46. The molecule has 2 fully saturated rings. The lowest BCUT2D eigenvalue weighted by Gasteiger charge is -2.23. The molecule has 0 unspecified atom stereocenters. The molecule has 168 valence electrons. The van der Waals surface area contributed by atoms with Gasteiger partial charge in [-0.1, -0.05) is 6.07 Å². The standard InChI is InChI=1S/C25H27N7O/c1-2-9-32(8-1)24-15-27-13-22(30-24)17-5-6-21-19(10-17)20(12-29-21)23-14-28-16-25(31-23)33-18-4-3-7-26-11-18/h5-6,10,12-16,18,26,29H,1-4,7-9,11H2/t18-/m1/s1. The van der Waals surface area contributed by atoms with E-state index >= 15 is 0 Å². The maximum atomic E-state index is 6.09. The van der Waals surface area contributed by atoms with Crippen LogP contribution < -0.4 is 15.0 Å². The Morgan fingerprint density at radius 1 is 0.939 bits per heavy atom. The number of benzene rings is 1. The first kappa shape index (κ1) is 20.1. The zero-order valence-electron chi connectivity index (χ0n) is 18.5. The number of H-pyrrole nitrogens is 1. The summed E-state index contributed by atoms with van der Waals surface area (Å²) in [6, 6.07) is 6.32. The van der Waals surface area contributed by atoms with Crippen LogP contribution in [0.4, 0.5) is 5.82 Å². The Morgan fingerprint density at radius 3 is 2.70 bits per heavy atom. The van der Waals surface area contributed by atoms with Crippen LogP contribution in [0, 0.1) is 0 Å². The Labute approximate surface area is 192 Å². The Morgan fingerprint density at radius 2 is 1.82 bits per heavy atom. The fourth-order valence-electron chi connectivity index (χ4n) is 4.71. The predicted octanol–water partition coefficient (Wildman–Crippen LogP) is 3.81. The van der Waals surface area contributed by atoms with E-state index in [4.69, 9.17) is 14.7 Å². The molecule has 2 N–H and O–H groups in total. The third kappa shape index (κ3) is 4.14. The number of ether oxygens (including phenoxy) is 1. The molecule has 0 aliphatic carbocycles. The first-order chi connectivity index (χ1) is 16.3. The van der Waals surface area contributed by atoms with E-state index in [9.17, 15) is 0 Å². The molecule has 1 aromatic carbocycles. The van der Waals surface area contributed by atoms with Crippen molar-refractivity contribution in [3.05, 3.63) is 49.2 Å². The summed E-state index contributed by atoms with van der Waals surface area (Å²) in [5.74, 6) is 1.52. The van der Waals surface area contributed by atoms with E-state index in [0.29, 0.717) is 5.88 Å². The number of rotatable bonds is 5.